The average molecular weight is 314 g/mol. The maximum Gasteiger partial charge on any atom is 0.310 e. The van der Waals surface area contributed by atoms with Crippen LogP contribution in [0.25, 0.3) is 0 Å². The predicted octanol–water partition coefficient (Wildman–Crippen LogP) is 3.70. The first-order valence-electron chi connectivity index (χ1n) is 8.18. The maximum absolute atomic E-state index is 12.4. The predicted molar refractivity (Wildman–Crippen MR) is 90.4 cm³/mol. The van der Waals surface area contributed by atoms with E-state index in [0.29, 0.717) is 12.8 Å². The normalized spacial score (nSPS) is 28.3. The highest BCUT2D eigenvalue weighted by Gasteiger charge is 2.61. The minimum Gasteiger partial charge on any atom is -0.465 e. The third kappa shape index (κ3) is 3.42. The van der Waals surface area contributed by atoms with Crippen LogP contribution in [-0.2, 0) is 14.3 Å². The number of ether oxygens (including phenoxy) is 1. The Bertz CT molecular complexity index is 624. The molecule has 3 nitrogen and oxygen atoms in total. The molecule has 0 aromatic carbocycles. The van der Waals surface area contributed by atoms with Gasteiger partial charge in [-0.25, -0.2) is 0 Å². The second kappa shape index (κ2) is 6.35. The van der Waals surface area contributed by atoms with Gasteiger partial charge in [0.2, 0.25) is 0 Å². The van der Waals surface area contributed by atoms with Crippen LogP contribution >= 0.6 is 0 Å². The zero-order chi connectivity index (χ0) is 17.4. The molecule has 1 fully saturated rings. The fourth-order valence-corrected chi connectivity index (χ4v) is 3.56. The van der Waals surface area contributed by atoms with Crippen LogP contribution in [0.4, 0.5) is 0 Å². The lowest BCUT2D eigenvalue weighted by Crippen LogP contribution is -2.17. The molecule has 124 valence electrons. The highest BCUT2D eigenvalue weighted by molar-refractivity contribution is 5.99. The molecular weight excluding hydrogens is 288 g/mol. The molecule has 3 heteroatoms. The van der Waals surface area contributed by atoms with E-state index in [1.807, 2.05) is 20.8 Å². The summed E-state index contributed by atoms with van der Waals surface area (Å²) in [5.41, 5.74) is 2.89. The van der Waals surface area contributed by atoms with E-state index in [2.05, 4.69) is 25.8 Å². The molecule has 0 saturated heterocycles. The molecule has 0 spiro atoms. The maximum atomic E-state index is 12.4. The standard InChI is InChI=1S/C20H26O3/c1-7-8-15-13(4)14(10-17(15)21)11-23-19(22)18-16(9-12(2)3)20(18,5)6/h1,9,14,16,18H,8,10-11H2,2-6H3. The van der Waals surface area contributed by atoms with Gasteiger partial charge in [-0.3, -0.25) is 9.59 Å². The number of hydrogen-bond donors (Lipinski definition) is 0. The molecule has 2 rings (SSSR count). The molecule has 0 radical (unpaired) electrons. The summed E-state index contributed by atoms with van der Waals surface area (Å²) in [6, 6.07) is 0. The van der Waals surface area contributed by atoms with Gasteiger partial charge in [0.15, 0.2) is 5.78 Å². The van der Waals surface area contributed by atoms with Crippen molar-refractivity contribution in [3.05, 3.63) is 22.8 Å². The van der Waals surface area contributed by atoms with Gasteiger partial charge in [-0.15, -0.1) is 12.3 Å². The Kier molecular flexibility index (Phi) is 4.84. The van der Waals surface area contributed by atoms with Crippen LogP contribution < -0.4 is 0 Å². The van der Waals surface area contributed by atoms with Gasteiger partial charge in [-0.2, -0.15) is 0 Å². The van der Waals surface area contributed by atoms with E-state index < -0.39 is 0 Å². The number of terminal acetylenes is 1. The van der Waals surface area contributed by atoms with Gasteiger partial charge in [0.25, 0.3) is 0 Å². The van der Waals surface area contributed by atoms with Crippen molar-refractivity contribution < 1.29 is 14.3 Å². The summed E-state index contributed by atoms with van der Waals surface area (Å²) in [6.07, 6.45) is 8.23. The monoisotopic (exact) mass is 314 g/mol. The number of hydrogen-bond acceptors (Lipinski definition) is 3. The van der Waals surface area contributed by atoms with E-state index in [1.54, 1.807) is 0 Å². The second-order valence-electron chi connectivity index (χ2n) is 7.57. The van der Waals surface area contributed by atoms with Crippen molar-refractivity contribution in [3.8, 4) is 12.3 Å². The minimum absolute atomic E-state index is 0.0152. The summed E-state index contributed by atoms with van der Waals surface area (Å²) in [5.74, 6) is 2.62. The summed E-state index contributed by atoms with van der Waals surface area (Å²) >= 11 is 0. The lowest BCUT2D eigenvalue weighted by molar-refractivity contribution is -0.147. The number of Topliss-reactive ketones (excluding diaryl/α,β-unsaturated/α-hetero) is 1. The van der Waals surface area contributed by atoms with Gasteiger partial charge < -0.3 is 4.74 Å². The fourth-order valence-electron chi connectivity index (χ4n) is 3.56. The molecule has 1 saturated carbocycles. The highest BCUT2D eigenvalue weighted by Crippen LogP contribution is 2.59. The highest BCUT2D eigenvalue weighted by atomic mass is 16.5. The lowest BCUT2D eigenvalue weighted by atomic mass is 10.0. The first-order chi connectivity index (χ1) is 10.7. The molecule has 0 aliphatic heterocycles. The van der Waals surface area contributed by atoms with E-state index >= 15 is 0 Å². The fraction of sp³-hybridized carbons (Fsp3) is 0.600. The molecule has 0 heterocycles. The van der Waals surface area contributed by atoms with Gasteiger partial charge >= 0.3 is 5.97 Å². The smallest absolute Gasteiger partial charge is 0.310 e. The third-order valence-corrected chi connectivity index (χ3v) is 5.24. The Morgan fingerprint density at radius 2 is 2.09 bits per heavy atom. The molecular formula is C20H26O3. The third-order valence-electron chi connectivity index (χ3n) is 5.24. The zero-order valence-corrected chi connectivity index (χ0v) is 14.7. The van der Waals surface area contributed by atoms with Crippen molar-refractivity contribution in [2.45, 2.75) is 47.5 Å². The van der Waals surface area contributed by atoms with Crippen molar-refractivity contribution in [2.75, 3.05) is 6.61 Å². The molecule has 0 amide bonds. The summed E-state index contributed by atoms with van der Waals surface area (Å²) in [4.78, 5) is 24.3. The van der Waals surface area contributed by atoms with Crippen LogP contribution in [0.15, 0.2) is 22.8 Å². The topological polar surface area (TPSA) is 43.4 Å². The molecule has 0 N–H and O–H groups in total. The Morgan fingerprint density at radius 3 is 2.65 bits per heavy atom. The zero-order valence-electron chi connectivity index (χ0n) is 14.7. The average Bonchev–Trinajstić information content (AvgIpc) is 2.87. The molecule has 3 unspecified atom stereocenters. The van der Waals surface area contributed by atoms with Gasteiger partial charge in [0.1, 0.15) is 0 Å². The van der Waals surface area contributed by atoms with Crippen molar-refractivity contribution in [3.63, 3.8) is 0 Å². The Hall–Kier alpha value is -1.82. The van der Waals surface area contributed by atoms with Crippen molar-refractivity contribution in [1.82, 2.24) is 0 Å². The van der Waals surface area contributed by atoms with Crippen molar-refractivity contribution in [1.29, 1.82) is 0 Å². The van der Waals surface area contributed by atoms with Crippen LogP contribution in [0.5, 0.6) is 0 Å². The van der Waals surface area contributed by atoms with E-state index in [4.69, 9.17) is 11.2 Å². The number of rotatable bonds is 5. The Morgan fingerprint density at radius 1 is 1.43 bits per heavy atom. The molecule has 2 aliphatic carbocycles. The van der Waals surface area contributed by atoms with Crippen LogP contribution in [-0.4, -0.2) is 18.4 Å². The van der Waals surface area contributed by atoms with E-state index in [9.17, 15) is 9.59 Å². The van der Waals surface area contributed by atoms with Crippen LogP contribution in [0, 0.1) is 35.5 Å². The number of carbonyl (C=O) groups is 2. The summed E-state index contributed by atoms with van der Waals surface area (Å²) in [7, 11) is 0. The lowest BCUT2D eigenvalue weighted by Gasteiger charge is -2.12. The number of ketones is 1. The largest absolute Gasteiger partial charge is 0.465 e. The summed E-state index contributed by atoms with van der Waals surface area (Å²) < 4.78 is 5.54. The van der Waals surface area contributed by atoms with Crippen molar-refractivity contribution >= 4 is 11.8 Å². The first-order valence-corrected chi connectivity index (χ1v) is 8.18. The number of esters is 1. The van der Waals surface area contributed by atoms with Gasteiger partial charge in [-0.05, 0) is 32.1 Å². The molecule has 3 atom stereocenters. The van der Waals surface area contributed by atoms with Gasteiger partial charge in [0, 0.05) is 24.3 Å². The Balaban J connectivity index is 1.95. The van der Waals surface area contributed by atoms with E-state index in [-0.39, 0.29) is 41.5 Å². The molecule has 0 aromatic heterocycles. The van der Waals surface area contributed by atoms with Gasteiger partial charge in [-0.1, -0.05) is 31.1 Å². The molecule has 23 heavy (non-hydrogen) atoms. The summed E-state index contributed by atoms with van der Waals surface area (Å²) in [6.45, 7) is 10.5. The van der Waals surface area contributed by atoms with Crippen LogP contribution in [0.3, 0.4) is 0 Å². The van der Waals surface area contributed by atoms with E-state index in [1.165, 1.54) is 5.57 Å². The second-order valence-corrected chi connectivity index (χ2v) is 7.57. The molecule has 2 aliphatic rings. The molecule has 0 bridgehead atoms. The molecule has 0 aromatic rings. The van der Waals surface area contributed by atoms with Crippen LogP contribution in [0.2, 0.25) is 0 Å². The summed E-state index contributed by atoms with van der Waals surface area (Å²) in [5, 5.41) is 0. The Labute approximate surface area is 139 Å². The van der Waals surface area contributed by atoms with E-state index in [0.717, 1.165) is 11.1 Å². The number of allylic oxidation sites excluding steroid dienone is 3. The number of carbonyl (C=O) groups excluding carboxylic acids is 2. The van der Waals surface area contributed by atoms with Crippen molar-refractivity contribution in [2.24, 2.45) is 23.2 Å². The van der Waals surface area contributed by atoms with Crippen LogP contribution in [0.1, 0.15) is 47.5 Å². The van der Waals surface area contributed by atoms with Gasteiger partial charge in [0.05, 0.1) is 12.5 Å². The first kappa shape index (κ1) is 17.5. The SMILES string of the molecule is C#CCC1=C(C)C(COC(=O)C2C(C=C(C)C)C2(C)C)CC1=O. The quantitative estimate of drug-likeness (QED) is 0.441. The minimum atomic E-state index is -0.150.